The molecule has 9 heavy (non-hydrogen) atoms. The maximum absolute atomic E-state index is 3.71. The van der Waals surface area contributed by atoms with E-state index in [1.54, 1.807) is 5.57 Å². The third-order valence-electron chi connectivity index (χ3n) is 1.67. The molecule has 0 fully saturated rings. The summed E-state index contributed by atoms with van der Waals surface area (Å²) in [5.41, 5.74) is 1.64. The van der Waals surface area contributed by atoms with Gasteiger partial charge in [0, 0.05) is 0 Å². The largest absolute Gasteiger partial charge is 0.103 e. The van der Waals surface area contributed by atoms with E-state index in [9.17, 15) is 0 Å². The zero-order chi connectivity index (χ0) is 6.69. The molecule has 0 bridgehead atoms. The van der Waals surface area contributed by atoms with Gasteiger partial charge in [-0.3, -0.25) is 0 Å². The van der Waals surface area contributed by atoms with Crippen LogP contribution >= 0.6 is 0 Å². The first-order valence-corrected chi connectivity index (χ1v) is 3.61. The Morgan fingerprint density at radius 3 is 3.00 bits per heavy atom. The molecule has 0 radical (unpaired) electrons. The van der Waals surface area contributed by atoms with E-state index in [2.05, 4.69) is 19.6 Å². The fourth-order valence-electron chi connectivity index (χ4n) is 1.05. The van der Waals surface area contributed by atoms with Gasteiger partial charge in [-0.2, -0.15) is 0 Å². The van der Waals surface area contributed by atoms with Crippen molar-refractivity contribution < 1.29 is 0 Å². The predicted molar refractivity (Wildman–Crippen MR) is 41.3 cm³/mol. The van der Waals surface area contributed by atoms with Crippen molar-refractivity contribution in [2.24, 2.45) is 5.92 Å². The van der Waals surface area contributed by atoms with E-state index in [4.69, 9.17) is 0 Å². The highest BCUT2D eigenvalue weighted by molar-refractivity contribution is 5.21. The van der Waals surface area contributed by atoms with E-state index < -0.39 is 0 Å². The SMILES string of the molecule is C=CCC(C)CC1=CC1. The van der Waals surface area contributed by atoms with Gasteiger partial charge in [-0.15, -0.1) is 6.58 Å². The van der Waals surface area contributed by atoms with Crippen molar-refractivity contribution in [3.8, 4) is 0 Å². The lowest BCUT2D eigenvalue weighted by molar-refractivity contribution is 0.593. The molecule has 0 amide bonds. The van der Waals surface area contributed by atoms with Crippen LogP contribution in [0.15, 0.2) is 24.3 Å². The maximum atomic E-state index is 3.71. The fraction of sp³-hybridized carbons (Fsp3) is 0.556. The lowest BCUT2D eigenvalue weighted by Crippen LogP contribution is -1.89. The van der Waals surface area contributed by atoms with E-state index in [0.29, 0.717) is 0 Å². The Kier molecular flexibility index (Phi) is 2.10. The van der Waals surface area contributed by atoms with Gasteiger partial charge in [-0.05, 0) is 25.2 Å². The summed E-state index contributed by atoms with van der Waals surface area (Å²) in [6.07, 6.45) is 8.05. The topological polar surface area (TPSA) is 0 Å². The minimum Gasteiger partial charge on any atom is -0.103 e. The van der Waals surface area contributed by atoms with Crippen molar-refractivity contribution in [1.29, 1.82) is 0 Å². The van der Waals surface area contributed by atoms with Gasteiger partial charge in [-0.1, -0.05) is 24.6 Å². The van der Waals surface area contributed by atoms with Crippen molar-refractivity contribution in [1.82, 2.24) is 0 Å². The van der Waals surface area contributed by atoms with Crippen LogP contribution in [-0.4, -0.2) is 0 Å². The molecule has 0 aromatic rings. The molecule has 0 saturated carbocycles. The second-order valence-electron chi connectivity index (χ2n) is 2.90. The van der Waals surface area contributed by atoms with Gasteiger partial charge in [0.1, 0.15) is 0 Å². The molecule has 50 valence electrons. The molecule has 0 spiro atoms. The molecule has 0 N–H and O–H groups in total. The molecule has 1 rings (SSSR count). The van der Waals surface area contributed by atoms with Crippen LogP contribution in [0.2, 0.25) is 0 Å². The third-order valence-corrected chi connectivity index (χ3v) is 1.67. The monoisotopic (exact) mass is 122 g/mol. The first kappa shape index (κ1) is 6.60. The van der Waals surface area contributed by atoms with Gasteiger partial charge >= 0.3 is 0 Å². The molecular formula is C9H14. The smallest absolute Gasteiger partial charge is 0.0136 e. The van der Waals surface area contributed by atoms with Gasteiger partial charge in [-0.25, -0.2) is 0 Å². The minimum absolute atomic E-state index is 0.816. The highest BCUT2D eigenvalue weighted by Crippen LogP contribution is 2.27. The number of hydrogen-bond donors (Lipinski definition) is 0. The van der Waals surface area contributed by atoms with Crippen molar-refractivity contribution in [3.05, 3.63) is 24.3 Å². The van der Waals surface area contributed by atoms with Crippen LogP contribution in [0.3, 0.4) is 0 Å². The van der Waals surface area contributed by atoms with Gasteiger partial charge in [0.15, 0.2) is 0 Å². The Hall–Kier alpha value is -0.520. The number of rotatable bonds is 4. The van der Waals surface area contributed by atoms with Crippen LogP contribution in [0.25, 0.3) is 0 Å². The first-order chi connectivity index (χ1) is 4.33. The van der Waals surface area contributed by atoms with E-state index in [0.717, 1.165) is 12.3 Å². The van der Waals surface area contributed by atoms with Crippen LogP contribution in [0.4, 0.5) is 0 Å². The van der Waals surface area contributed by atoms with Crippen molar-refractivity contribution in [2.75, 3.05) is 0 Å². The summed E-state index contributed by atoms with van der Waals surface area (Å²) < 4.78 is 0. The highest BCUT2D eigenvalue weighted by Gasteiger charge is 2.09. The molecule has 1 aliphatic rings. The molecule has 0 saturated heterocycles. The Bertz CT molecular complexity index is 131. The van der Waals surface area contributed by atoms with Gasteiger partial charge in [0.2, 0.25) is 0 Å². The van der Waals surface area contributed by atoms with E-state index in [1.165, 1.54) is 12.8 Å². The normalized spacial score (nSPS) is 18.6. The van der Waals surface area contributed by atoms with Crippen molar-refractivity contribution in [2.45, 2.75) is 26.2 Å². The summed E-state index contributed by atoms with van der Waals surface area (Å²) in [5.74, 6) is 0.816. The zero-order valence-electron chi connectivity index (χ0n) is 6.06. The molecule has 1 unspecified atom stereocenters. The number of allylic oxidation sites excluding steroid dienone is 3. The maximum Gasteiger partial charge on any atom is -0.0136 e. The molecular weight excluding hydrogens is 108 g/mol. The van der Waals surface area contributed by atoms with E-state index in [1.807, 2.05) is 6.08 Å². The first-order valence-electron chi connectivity index (χ1n) is 3.61. The number of hydrogen-bond acceptors (Lipinski definition) is 0. The standard InChI is InChI=1S/C9H14/c1-3-4-8(2)7-9-5-6-9/h3,5,8H,1,4,6-7H2,2H3. The van der Waals surface area contributed by atoms with E-state index >= 15 is 0 Å². The molecule has 1 aliphatic carbocycles. The quantitative estimate of drug-likeness (QED) is 0.503. The molecule has 0 nitrogen and oxygen atoms in total. The van der Waals surface area contributed by atoms with Crippen LogP contribution in [0.1, 0.15) is 26.2 Å². The summed E-state index contributed by atoms with van der Waals surface area (Å²) in [7, 11) is 0. The van der Waals surface area contributed by atoms with Gasteiger partial charge in [0.05, 0.1) is 0 Å². The summed E-state index contributed by atoms with van der Waals surface area (Å²) in [6.45, 7) is 5.99. The summed E-state index contributed by atoms with van der Waals surface area (Å²) in [4.78, 5) is 0. The summed E-state index contributed by atoms with van der Waals surface area (Å²) in [5, 5.41) is 0. The molecule has 0 heterocycles. The summed E-state index contributed by atoms with van der Waals surface area (Å²) >= 11 is 0. The van der Waals surface area contributed by atoms with Crippen LogP contribution in [-0.2, 0) is 0 Å². The minimum atomic E-state index is 0.816. The average molecular weight is 122 g/mol. The zero-order valence-corrected chi connectivity index (χ0v) is 6.06. The summed E-state index contributed by atoms with van der Waals surface area (Å²) in [6, 6.07) is 0. The van der Waals surface area contributed by atoms with Gasteiger partial charge < -0.3 is 0 Å². The Balaban J connectivity index is 2.09. The predicted octanol–water partition coefficient (Wildman–Crippen LogP) is 2.92. The Morgan fingerprint density at radius 1 is 1.89 bits per heavy atom. The Labute approximate surface area is 57.3 Å². The van der Waals surface area contributed by atoms with Crippen LogP contribution < -0.4 is 0 Å². The third kappa shape index (κ3) is 2.50. The van der Waals surface area contributed by atoms with E-state index in [-0.39, 0.29) is 0 Å². The molecule has 0 aliphatic heterocycles. The highest BCUT2D eigenvalue weighted by atomic mass is 14.2. The Morgan fingerprint density at radius 2 is 2.56 bits per heavy atom. The molecule has 0 aromatic heterocycles. The fourth-order valence-corrected chi connectivity index (χ4v) is 1.05. The second-order valence-corrected chi connectivity index (χ2v) is 2.90. The van der Waals surface area contributed by atoms with Crippen LogP contribution in [0.5, 0.6) is 0 Å². The molecule has 0 heteroatoms. The molecule has 1 atom stereocenters. The van der Waals surface area contributed by atoms with Crippen molar-refractivity contribution >= 4 is 0 Å². The second kappa shape index (κ2) is 2.86. The van der Waals surface area contributed by atoms with Crippen molar-refractivity contribution in [3.63, 3.8) is 0 Å². The lowest BCUT2D eigenvalue weighted by Gasteiger charge is -2.03. The lowest BCUT2D eigenvalue weighted by atomic mass is 10.0. The van der Waals surface area contributed by atoms with Crippen LogP contribution in [0, 0.1) is 5.92 Å². The average Bonchev–Trinajstić information content (AvgIpc) is 2.50. The van der Waals surface area contributed by atoms with Gasteiger partial charge in [0.25, 0.3) is 0 Å². The molecule has 0 aromatic carbocycles.